The largest absolute Gasteiger partial charge is 0.481 e. The maximum Gasteiger partial charge on any atom is 0.304 e. The minimum atomic E-state index is -3.71. The molecular weight excluding hydrogens is 390 g/mol. The number of aromatic nitrogens is 1. The number of carboxylic acid groups (broad SMARTS) is 1. The highest BCUT2D eigenvalue weighted by Crippen LogP contribution is 2.22. The molecule has 1 heterocycles. The Balaban J connectivity index is 2.28. The van der Waals surface area contributed by atoms with Gasteiger partial charge in [0.25, 0.3) is 0 Å². The first-order valence-electron chi connectivity index (χ1n) is 11.0. The van der Waals surface area contributed by atoms with Crippen LogP contribution in [0.5, 0.6) is 5.88 Å². The number of ether oxygens (including phenoxy) is 1. The van der Waals surface area contributed by atoms with Crippen molar-refractivity contribution in [2.24, 2.45) is 0 Å². The SMILES string of the molecule is CCCCCCCCCCCCOc1ccc(S(=O)(=O)C(CC)CC(=O)O)cn1. The highest BCUT2D eigenvalue weighted by atomic mass is 32.2. The fraction of sp³-hybridized carbons (Fsp3) is 0.727. The van der Waals surface area contributed by atoms with Crippen molar-refractivity contribution in [2.75, 3.05) is 6.61 Å². The molecule has 0 saturated carbocycles. The number of aliphatic carboxylic acids is 1. The van der Waals surface area contributed by atoms with E-state index >= 15 is 0 Å². The number of unbranched alkanes of at least 4 members (excludes halogenated alkanes) is 9. The van der Waals surface area contributed by atoms with E-state index in [2.05, 4.69) is 11.9 Å². The van der Waals surface area contributed by atoms with Crippen molar-refractivity contribution < 1.29 is 23.1 Å². The predicted molar refractivity (Wildman–Crippen MR) is 115 cm³/mol. The second-order valence-electron chi connectivity index (χ2n) is 7.54. The van der Waals surface area contributed by atoms with Crippen molar-refractivity contribution >= 4 is 15.8 Å². The van der Waals surface area contributed by atoms with Gasteiger partial charge >= 0.3 is 5.97 Å². The summed E-state index contributed by atoms with van der Waals surface area (Å²) < 4.78 is 30.6. The molecule has 0 fully saturated rings. The van der Waals surface area contributed by atoms with Crippen LogP contribution in [0.3, 0.4) is 0 Å². The monoisotopic (exact) mass is 427 g/mol. The molecular formula is C22H37NO5S. The van der Waals surface area contributed by atoms with Crippen molar-refractivity contribution in [3.05, 3.63) is 18.3 Å². The molecule has 166 valence electrons. The van der Waals surface area contributed by atoms with E-state index in [1.54, 1.807) is 6.92 Å². The Morgan fingerprint density at radius 3 is 2.07 bits per heavy atom. The molecule has 6 nitrogen and oxygen atoms in total. The topological polar surface area (TPSA) is 93.6 Å². The van der Waals surface area contributed by atoms with E-state index in [1.165, 1.54) is 69.7 Å². The van der Waals surface area contributed by atoms with Crippen molar-refractivity contribution in [3.63, 3.8) is 0 Å². The number of pyridine rings is 1. The van der Waals surface area contributed by atoms with Crippen molar-refractivity contribution in [3.8, 4) is 5.88 Å². The number of carboxylic acids is 1. The van der Waals surface area contributed by atoms with Crippen molar-refractivity contribution in [2.45, 2.75) is 101 Å². The third kappa shape index (κ3) is 10.1. The number of nitrogens with zero attached hydrogens (tertiary/aromatic N) is 1. The van der Waals surface area contributed by atoms with Crippen LogP contribution in [0.4, 0.5) is 0 Å². The molecule has 1 rings (SSSR count). The average Bonchev–Trinajstić information content (AvgIpc) is 2.70. The molecule has 0 bridgehead atoms. The third-order valence-corrected chi connectivity index (χ3v) is 7.36. The minimum absolute atomic E-state index is 0.0388. The van der Waals surface area contributed by atoms with Crippen LogP contribution in [0.2, 0.25) is 0 Å². The van der Waals surface area contributed by atoms with Gasteiger partial charge in [0.05, 0.1) is 23.2 Å². The van der Waals surface area contributed by atoms with E-state index in [0.717, 1.165) is 12.8 Å². The Morgan fingerprint density at radius 2 is 1.59 bits per heavy atom. The molecule has 7 heteroatoms. The highest BCUT2D eigenvalue weighted by Gasteiger charge is 2.28. The zero-order valence-corrected chi connectivity index (χ0v) is 18.8. The maximum atomic E-state index is 12.5. The summed E-state index contributed by atoms with van der Waals surface area (Å²) in [5.41, 5.74) is 0. The lowest BCUT2D eigenvalue weighted by Gasteiger charge is -2.14. The van der Waals surface area contributed by atoms with E-state index < -0.39 is 27.5 Å². The second kappa shape index (κ2) is 14.4. The molecule has 0 aliphatic carbocycles. The fourth-order valence-electron chi connectivity index (χ4n) is 3.25. The molecule has 0 aliphatic heterocycles. The minimum Gasteiger partial charge on any atom is -0.481 e. The van der Waals surface area contributed by atoms with Gasteiger partial charge in [0.2, 0.25) is 5.88 Å². The van der Waals surface area contributed by atoms with Gasteiger partial charge in [-0.25, -0.2) is 13.4 Å². The van der Waals surface area contributed by atoms with Gasteiger partial charge in [0.15, 0.2) is 9.84 Å². The molecule has 1 unspecified atom stereocenters. The van der Waals surface area contributed by atoms with Crippen molar-refractivity contribution in [1.82, 2.24) is 4.98 Å². The molecule has 0 aliphatic rings. The Bertz CT molecular complexity index is 673. The van der Waals surface area contributed by atoms with Gasteiger partial charge in [-0.15, -0.1) is 0 Å². The zero-order valence-electron chi connectivity index (χ0n) is 17.9. The Hall–Kier alpha value is -1.63. The molecule has 1 N–H and O–H groups in total. The first-order chi connectivity index (χ1) is 13.9. The molecule has 0 radical (unpaired) electrons. The van der Waals surface area contributed by atoms with Gasteiger partial charge in [-0.2, -0.15) is 0 Å². The Kier molecular flexibility index (Phi) is 12.6. The standard InChI is InChI=1S/C22H37NO5S/c1-3-5-6-7-8-9-10-11-12-13-16-28-21-15-14-20(18-23-21)29(26,27)19(4-2)17-22(24)25/h14-15,18-19H,3-13,16-17H2,1-2H3,(H,24,25). The molecule has 1 aromatic heterocycles. The van der Waals surface area contributed by atoms with Crippen LogP contribution in [0.25, 0.3) is 0 Å². The van der Waals surface area contributed by atoms with Crippen LogP contribution >= 0.6 is 0 Å². The molecule has 0 aromatic carbocycles. The van der Waals surface area contributed by atoms with Crippen molar-refractivity contribution in [1.29, 1.82) is 0 Å². The van der Waals surface area contributed by atoms with E-state index in [1.807, 2.05) is 0 Å². The quantitative estimate of drug-likeness (QED) is 0.334. The second-order valence-corrected chi connectivity index (χ2v) is 9.76. The van der Waals surface area contributed by atoms with Gasteiger partial charge in [-0.05, 0) is 18.9 Å². The number of hydrogen-bond donors (Lipinski definition) is 1. The van der Waals surface area contributed by atoms with Crippen LogP contribution in [0, 0.1) is 0 Å². The zero-order chi connectivity index (χ0) is 21.5. The normalized spacial score (nSPS) is 12.6. The van der Waals surface area contributed by atoms with Gasteiger partial charge in [-0.3, -0.25) is 4.79 Å². The molecule has 1 atom stereocenters. The van der Waals surface area contributed by atoms with E-state index in [0.29, 0.717) is 12.5 Å². The van der Waals surface area contributed by atoms with E-state index in [-0.39, 0.29) is 11.3 Å². The molecule has 1 aromatic rings. The summed E-state index contributed by atoms with van der Waals surface area (Å²) in [5.74, 6) is -0.726. The number of hydrogen-bond acceptors (Lipinski definition) is 5. The number of rotatable bonds is 17. The molecule has 0 spiro atoms. The maximum absolute atomic E-state index is 12.5. The van der Waals surface area contributed by atoms with Crippen LogP contribution in [-0.2, 0) is 14.6 Å². The Morgan fingerprint density at radius 1 is 1.00 bits per heavy atom. The summed E-state index contributed by atoms with van der Waals surface area (Å²) in [6, 6.07) is 2.98. The van der Waals surface area contributed by atoms with Crippen LogP contribution in [0.1, 0.15) is 90.9 Å². The lowest BCUT2D eigenvalue weighted by atomic mass is 10.1. The summed E-state index contributed by atoms with van der Waals surface area (Å²) in [6.45, 7) is 4.47. The summed E-state index contributed by atoms with van der Waals surface area (Å²) in [4.78, 5) is 15.0. The van der Waals surface area contributed by atoms with Crippen LogP contribution in [-0.4, -0.2) is 36.3 Å². The van der Waals surface area contributed by atoms with Gasteiger partial charge in [-0.1, -0.05) is 71.6 Å². The molecule has 0 saturated heterocycles. The first kappa shape index (κ1) is 25.4. The van der Waals surface area contributed by atoms with Gasteiger partial charge in [0, 0.05) is 12.3 Å². The summed E-state index contributed by atoms with van der Waals surface area (Å²) >= 11 is 0. The molecule has 29 heavy (non-hydrogen) atoms. The average molecular weight is 428 g/mol. The van der Waals surface area contributed by atoms with Crippen LogP contribution < -0.4 is 4.74 Å². The lowest BCUT2D eigenvalue weighted by Crippen LogP contribution is -2.24. The summed E-state index contributed by atoms with van der Waals surface area (Å²) in [5, 5.41) is 7.96. The highest BCUT2D eigenvalue weighted by molar-refractivity contribution is 7.92. The number of carbonyl (C=O) groups is 1. The van der Waals surface area contributed by atoms with Gasteiger partial charge in [0.1, 0.15) is 0 Å². The van der Waals surface area contributed by atoms with Crippen LogP contribution in [0.15, 0.2) is 23.2 Å². The Labute approximate surface area is 176 Å². The predicted octanol–water partition coefficient (Wildman–Crippen LogP) is 5.41. The third-order valence-electron chi connectivity index (χ3n) is 5.08. The van der Waals surface area contributed by atoms with Gasteiger partial charge < -0.3 is 9.84 Å². The summed E-state index contributed by atoms with van der Waals surface area (Å²) in [6.07, 6.45) is 13.6. The smallest absolute Gasteiger partial charge is 0.304 e. The number of sulfone groups is 1. The lowest BCUT2D eigenvalue weighted by molar-refractivity contribution is -0.137. The summed E-state index contributed by atoms with van der Waals surface area (Å²) in [7, 11) is -3.71. The van der Waals surface area contributed by atoms with E-state index in [9.17, 15) is 13.2 Å². The van der Waals surface area contributed by atoms with E-state index in [4.69, 9.17) is 9.84 Å². The molecule has 0 amide bonds. The fourth-order valence-corrected chi connectivity index (χ4v) is 4.89. The first-order valence-corrected chi connectivity index (χ1v) is 12.5.